The smallest absolute Gasteiger partial charge is 0.214 e. The van der Waals surface area contributed by atoms with Crippen LogP contribution in [0.2, 0.25) is 0 Å². The Morgan fingerprint density at radius 1 is 1.89 bits per heavy atom. The van der Waals surface area contributed by atoms with Crippen LogP contribution >= 0.6 is 0 Å². The fourth-order valence-corrected chi connectivity index (χ4v) is 0.280. The van der Waals surface area contributed by atoms with Gasteiger partial charge in [0, 0.05) is 6.92 Å². The van der Waals surface area contributed by atoms with Gasteiger partial charge in [-0.05, 0) is 0 Å². The third kappa shape index (κ3) is 1.52. The van der Waals surface area contributed by atoms with Crippen molar-refractivity contribution in [2.24, 2.45) is 5.73 Å². The summed E-state index contributed by atoms with van der Waals surface area (Å²) in [4.78, 5) is 9.22. The number of carbonyl (C=O) groups excluding carboxylic acids is 1. The molecule has 0 atom stereocenters. The van der Waals surface area contributed by atoms with Gasteiger partial charge in [0.2, 0.25) is 5.91 Å². The summed E-state index contributed by atoms with van der Waals surface area (Å²) in [7, 11) is 0. The van der Waals surface area contributed by atoms with Crippen molar-refractivity contribution < 1.29 is 4.79 Å². The van der Waals surface area contributed by atoms with Gasteiger partial charge in [-0.3, -0.25) is 4.79 Å². The first kappa shape index (κ1) is 5.74. The molecule has 0 aromatic heterocycles. The van der Waals surface area contributed by atoms with Crippen molar-refractivity contribution in [1.29, 1.82) is 0 Å². The number of fused-ring (bicyclic) bond motifs is 1. The Kier molecular flexibility index (Phi) is 1.18. The lowest BCUT2D eigenvalue weighted by Crippen LogP contribution is -2.01. The highest BCUT2D eigenvalue weighted by Crippen LogP contribution is 2.10. The van der Waals surface area contributed by atoms with Crippen molar-refractivity contribution in [2.45, 2.75) is 6.92 Å². The number of nitrogens with zero attached hydrogens (tertiary/aromatic N) is 3. The van der Waals surface area contributed by atoms with E-state index in [0.717, 1.165) is 5.82 Å². The molecule has 0 saturated carbocycles. The maximum atomic E-state index is 9.22. The second-order valence-corrected chi connectivity index (χ2v) is 1.63. The standard InChI is InChI=1S/C2HN3.C2H5NO/c1-2-3-4-5(1)2;1-2(3)4/h1H;1H3,(H2,3,4). The fraction of sp³-hybridized carbons (Fsp3) is 0.250. The Morgan fingerprint density at radius 3 is 2.33 bits per heavy atom. The zero-order valence-electron chi connectivity index (χ0n) is 4.90. The quantitative estimate of drug-likeness (QED) is 0.495. The van der Waals surface area contributed by atoms with Crippen LogP contribution in [-0.4, -0.2) is 20.9 Å². The average Bonchev–Trinajstić information content (AvgIpc) is 2.10. The van der Waals surface area contributed by atoms with Crippen LogP contribution in [-0.2, 0) is 4.79 Å². The van der Waals surface area contributed by atoms with E-state index < -0.39 is 0 Å². The van der Waals surface area contributed by atoms with Crippen LogP contribution in [0.5, 0.6) is 0 Å². The van der Waals surface area contributed by atoms with E-state index in [2.05, 4.69) is 16.0 Å². The molecule has 0 aromatic rings. The predicted octanol–water partition coefficient (Wildman–Crippen LogP) is -0.928. The van der Waals surface area contributed by atoms with Crippen molar-refractivity contribution in [1.82, 2.24) is 15.0 Å². The molecule has 5 heteroatoms. The van der Waals surface area contributed by atoms with Gasteiger partial charge in [-0.1, -0.05) is 5.21 Å². The zero-order valence-corrected chi connectivity index (χ0v) is 4.90. The molecule has 48 valence electrons. The summed E-state index contributed by atoms with van der Waals surface area (Å²) < 4.78 is 1.72. The lowest BCUT2D eigenvalue weighted by Gasteiger charge is -1.78. The SMILES string of the molecule is CC(N)=O.c1c2nnn1-2. The minimum absolute atomic E-state index is 0.333. The summed E-state index contributed by atoms with van der Waals surface area (Å²) in [5, 5.41) is 7.06. The maximum absolute atomic E-state index is 9.22. The normalized spacial score (nSPS) is 9.44. The minimum atomic E-state index is -0.333. The van der Waals surface area contributed by atoms with Crippen molar-refractivity contribution in [3.63, 3.8) is 0 Å². The fourth-order valence-electron chi connectivity index (χ4n) is 0.280. The van der Waals surface area contributed by atoms with Gasteiger partial charge >= 0.3 is 0 Å². The van der Waals surface area contributed by atoms with Crippen molar-refractivity contribution in [2.75, 3.05) is 0 Å². The number of aromatic nitrogens is 3. The van der Waals surface area contributed by atoms with E-state index in [-0.39, 0.29) is 5.91 Å². The maximum Gasteiger partial charge on any atom is 0.214 e. The summed E-state index contributed by atoms with van der Waals surface area (Å²) in [5.74, 6) is 0.685. The summed E-state index contributed by atoms with van der Waals surface area (Å²) in [5.41, 5.74) is 4.47. The first-order chi connectivity index (χ1) is 4.20. The Labute approximate surface area is 51.5 Å². The van der Waals surface area contributed by atoms with Crippen molar-refractivity contribution >= 4 is 5.91 Å². The second-order valence-electron chi connectivity index (χ2n) is 1.63. The molecule has 2 aliphatic rings. The van der Waals surface area contributed by atoms with Crippen molar-refractivity contribution in [3.8, 4) is 5.82 Å². The van der Waals surface area contributed by atoms with E-state index in [0.29, 0.717) is 0 Å². The molecular formula is C4H6N4O. The molecule has 0 bridgehead atoms. The third-order valence-corrected chi connectivity index (χ3v) is 0.648. The van der Waals surface area contributed by atoms with Gasteiger partial charge in [0.05, 0.1) is 6.20 Å². The van der Waals surface area contributed by atoms with Crippen LogP contribution < -0.4 is 5.73 Å². The number of primary amides is 1. The molecule has 2 rings (SSSR count). The van der Waals surface area contributed by atoms with E-state index in [4.69, 9.17) is 0 Å². The highest BCUT2D eigenvalue weighted by Gasteiger charge is 2.14. The number of hydrogen-bond acceptors (Lipinski definition) is 3. The Hall–Kier alpha value is -1.39. The molecule has 9 heavy (non-hydrogen) atoms. The highest BCUT2D eigenvalue weighted by molar-refractivity contribution is 5.70. The number of carbonyl (C=O) groups is 1. The molecule has 1 amide bonds. The van der Waals surface area contributed by atoms with Crippen LogP contribution in [0.3, 0.4) is 0 Å². The second kappa shape index (κ2) is 1.85. The van der Waals surface area contributed by atoms with E-state index >= 15 is 0 Å². The zero-order chi connectivity index (χ0) is 6.85. The van der Waals surface area contributed by atoms with Gasteiger partial charge in [0.15, 0.2) is 5.82 Å². The largest absolute Gasteiger partial charge is 0.370 e. The van der Waals surface area contributed by atoms with Gasteiger partial charge in [-0.2, -0.15) is 4.68 Å². The first-order valence-corrected chi connectivity index (χ1v) is 2.39. The molecule has 0 spiro atoms. The molecular weight excluding hydrogens is 120 g/mol. The third-order valence-electron chi connectivity index (χ3n) is 0.648. The molecule has 0 unspecified atom stereocenters. The average molecular weight is 126 g/mol. The highest BCUT2D eigenvalue weighted by atomic mass is 16.1. The number of amides is 1. The lowest BCUT2D eigenvalue weighted by atomic mass is 10.8. The molecule has 0 radical (unpaired) electrons. The lowest BCUT2D eigenvalue weighted by molar-refractivity contribution is -0.115. The molecule has 2 heterocycles. The molecule has 2 N–H and O–H groups in total. The van der Waals surface area contributed by atoms with Crippen LogP contribution in [0.1, 0.15) is 6.92 Å². The van der Waals surface area contributed by atoms with E-state index in [1.165, 1.54) is 6.92 Å². The Balaban J connectivity index is 0.0000000945. The molecule has 2 aliphatic heterocycles. The Morgan fingerprint density at radius 2 is 2.33 bits per heavy atom. The van der Waals surface area contributed by atoms with Crippen LogP contribution in [0.4, 0.5) is 0 Å². The first-order valence-electron chi connectivity index (χ1n) is 2.39. The Bertz CT molecular complexity index is 200. The predicted molar refractivity (Wildman–Crippen MR) is 29.8 cm³/mol. The van der Waals surface area contributed by atoms with Crippen LogP contribution in [0.25, 0.3) is 5.82 Å². The summed E-state index contributed by atoms with van der Waals surface area (Å²) in [6.07, 6.45) is 1.86. The van der Waals surface area contributed by atoms with Crippen molar-refractivity contribution in [3.05, 3.63) is 6.20 Å². The molecule has 0 saturated heterocycles. The topological polar surface area (TPSA) is 73.8 Å². The number of rotatable bonds is 0. The van der Waals surface area contributed by atoms with Gasteiger partial charge < -0.3 is 5.73 Å². The molecule has 0 fully saturated rings. The van der Waals surface area contributed by atoms with Crippen LogP contribution in [0.15, 0.2) is 6.20 Å². The summed E-state index contributed by atoms with van der Waals surface area (Å²) in [6.45, 7) is 1.31. The van der Waals surface area contributed by atoms with Crippen LogP contribution in [0, 0.1) is 0 Å². The molecule has 0 aromatic carbocycles. The van der Waals surface area contributed by atoms with Gasteiger partial charge in [0.1, 0.15) is 0 Å². The summed E-state index contributed by atoms with van der Waals surface area (Å²) in [6, 6.07) is 0. The number of hydrogen-bond donors (Lipinski definition) is 1. The molecule has 5 nitrogen and oxygen atoms in total. The van der Waals surface area contributed by atoms with Gasteiger partial charge in [0.25, 0.3) is 0 Å². The number of nitrogens with two attached hydrogens (primary N) is 1. The van der Waals surface area contributed by atoms with Gasteiger partial charge in [-0.15, -0.1) is 5.10 Å². The van der Waals surface area contributed by atoms with E-state index in [1.807, 2.05) is 6.20 Å². The van der Waals surface area contributed by atoms with Gasteiger partial charge in [-0.25, -0.2) is 0 Å². The monoisotopic (exact) mass is 126 g/mol. The summed E-state index contributed by atoms with van der Waals surface area (Å²) >= 11 is 0. The van der Waals surface area contributed by atoms with E-state index in [9.17, 15) is 4.79 Å². The minimum Gasteiger partial charge on any atom is -0.370 e. The molecule has 0 aliphatic carbocycles. The van der Waals surface area contributed by atoms with E-state index in [1.54, 1.807) is 4.68 Å².